The number of nitrogens with zero attached hydrogens (tertiary/aromatic N) is 1. The number of amides is 2. The minimum atomic E-state index is -0.307. The lowest BCUT2D eigenvalue weighted by Crippen LogP contribution is -2.41. The molecule has 1 atom stereocenters. The van der Waals surface area contributed by atoms with Crippen molar-refractivity contribution in [1.82, 2.24) is 10.2 Å². The number of nitrogens with one attached hydrogen (secondary N) is 2. The first-order valence-corrected chi connectivity index (χ1v) is 6.09. The van der Waals surface area contributed by atoms with E-state index >= 15 is 0 Å². The quantitative estimate of drug-likeness (QED) is 0.844. The first-order valence-electron chi connectivity index (χ1n) is 6.09. The van der Waals surface area contributed by atoms with Crippen LogP contribution < -0.4 is 10.6 Å². The van der Waals surface area contributed by atoms with E-state index in [2.05, 4.69) is 10.6 Å². The molecule has 1 aliphatic rings. The van der Waals surface area contributed by atoms with Gasteiger partial charge in [0.2, 0.25) is 0 Å². The van der Waals surface area contributed by atoms with Crippen molar-refractivity contribution in [2.45, 2.75) is 19.4 Å². The molecule has 18 heavy (non-hydrogen) atoms. The Morgan fingerprint density at radius 1 is 1.56 bits per heavy atom. The second-order valence-electron chi connectivity index (χ2n) is 4.60. The van der Waals surface area contributed by atoms with Gasteiger partial charge in [-0.1, -0.05) is 6.07 Å². The van der Waals surface area contributed by atoms with Crippen molar-refractivity contribution in [3.63, 3.8) is 0 Å². The van der Waals surface area contributed by atoms with Gasteiger partial charge in [0.05, 0.1) is 0 Å². The minimum absolute atomic E-state index is 0.197. The Morgan fingerprint density at radius 3 is 3.00 bits per heavy atom. The smallest absolute Gasteiger partial charge is 0.321 e. The fourth-order valence-electron chi connectivity index (χ4n) is 2.08. The number of halogens is 1. The van der Waals surface area contributed by atoms with Crippen LogP contribution in [-0.2, 0) is 0 Å². The van der Waals surface area contributed by atoms with Gasteiger partial charge in [0.25, 0.3) is 0 Å². The van der Waals surface area contributed by atoms with E-state index in [0.717, 1.165) is 19.5 Å². The summed E-state index contributed by atoms with van der Waals surface area (Å²) in [6.07, 6.45) is 0.950. The Balaban J connectivity index is 2.04. The Morgan fingerprint density at radius 2 is 2.33 bits per heavy atom. The lowest BCUT2D eigenvalue weighted by atomic mass is 10.2. The van der Waals surface area contributed by atoms with E-state index in [4.69, 9.17) is 0 Å². The Hall–Kier alpha value is -1.62. The Bertz CT molecular complexity index is 444. The lowest BCUT2D eigenvalue weighted by Gasteiger charge is -2.24. The zero-order chi connectivity index (χ0) is 13.1. The molecular weight excluding hydrogens is 233 g/mol. The predicted molar refractivity (Wildman–Crippen MR) is 69.2 cm³/mol. The molecule has 0 aromatic heterocycles. The molecule has 0 unspecified atom stereocenters. The summed E-state index contributed by atoms with van der Waals surface area (Å²) in [5.41, 5.74) is 0.988. The van der Waals surface area contributed by atoms with Crippen LogP contribution in [0.25, 0.3) is 0 Å². The molecule has 1 aromatic carbocycles. The van der Waals surface area contributed by atoms with Crippen LogP contribution in [-0.4, -0.2) is 37.1 Å². The zero-order valence-corrected chi connectivity index (χ0v) is 10.7. The summed E-state index contributed by atoms with van der Waals surface area (Å²) >= 11 is 0. The molecule has 1 aromatic rings. The number of carbonyl (C=O) groups is 1. The molecule has 1 fully saturated rings. The van der Waals surface area contributed by atoms with Crippen LogP contribution in [0.3, 0.4) is 0 Å². The van der Waals surface area contributed by atoms with Crippen LogP contribution in [0.15, 0.2) is 18.2 Å². The van der Waals surface area contributed by atoms with E-state index in [0.29, 0.717) is 11.3 Å². The molecule has 5 heteroatoms. The monoisotopic (exact) mass is 251 g/mol. The maximum absolute atomic E-state index is 13.4. The van der Waals surface area contributed by atoms with Crippen molar-refractivity contribution in [2.24, 2.45) is 0 Å². The van der Waals surface area contributed by atoms with Crippen molar-refractivity contribution < 1.29 is 9.18 Å². The minimum Gasteiger partial charge on any atom is -0.323 e. The molecule has 1 heterocycles. The van der Waals surface area contributed by atoms with Gasteiger partial charge in [0.15, 0.2) is 0 Å². The standard InChI is InChI=1S/C13H18FN3O/c1-9-11(14)4-3-5-12(9)16-13(18)17(2)10-6-7-15-8-10/h3-5,10,15H,6-8H2,1-2H3,(H,16,18)/t10-/m0/s1. The maximum atomic E-state index is 13.4. The summed E-state index contributed by atoms with van der Waals surface area (Å²) in [6.45, 7) is 3.40. The molecule has 98 valence electrons. The molecule has 0 aliphatic carbocycles. The highest BCUT2D eigenvalue weighted by atomic mass is 19.1. The molecule has 0 spiro atoms. The zero-order valence-electron chi connectivity index (χ0n) is 10.7. The van der Waals surface area contributed by atoms with E-state index in [9.17, 15) is 9.18 Å². The number of anilines is 1. The van der Waals surface area contributed by atoms with Crippen LogP contribution in [0.1, 0.15) is 12.0 Å². The molecule has 0 saturated carbocycles. The van der Waals surface area contributed by atoms with Crippen LogP contribution in [0, 0.1) is 12.7 Å². The molecule has 2 rings (SSSR count). The second-order valence-corrected chi connectivity index (χ2v) is 4.60. The first kappa shape index (κ1) is 12.8. The highest BCUT2D eigenvalue weighted by molar-refractivity contribution is 5.90. The Labute approximate surface area is 106 Å². The molecule has 0 radical (unpaired) electrons. The number of likely N-dealkylation sites (N-methyl/N-ethyl adjacent to an activating group) is 1. The van der Waals surface area contributed by atoms with Crippen LogP contribution >= 0.6 is 0 Å². The molecule has 1 aliphatic heterocycles. The average molecular weight is 251 g/mol. The number of carbonyl (C=O) groups excluding carboxylic acids is 1. The first-order chi connectivity index (χ1) is 8.59. The van der Waals surface area contributed by atoms with E-state index in [-0.39, 0.29) is 17.9 Å². The van der Waals surface area contributed by atoms with Gasteiger partial charge in [0.1, 0.15) is 5.82 Å². The third kappa shape index (κ3) is 2.61. The third-order valence-electron chi connectivity index (χ3n) is 3.41. The van der Waals surface area contributed by atoms with E-state index < -0.39 is 0 Å². The number of hydrogen-bond donors (Lipinski definition) is 2. The van der Waals surface area contributed by atoms with E-state index in [1.54, 1.807) is 31.0 Å². The van der Waals surface area contributed by atoms with Gasteiger partial charge >= 0.3 is 6.03 Å². The normalized spacial score (nSPS) is 18.7. The molecule has 4 nitrogen and oxygen atoms in total. The number of hydrogen-bond acceptors (Lipinski definition) is 2. The van der Waals surface area contributed by atoms with Gasteiger partial charge in [-0.25, -0.2) is 9.18 Å². The second kappa shape index (κ2) is 5.35. The van der Waals surface area contributed by atoms with Gasteiger partial charge < -0.3 is 15.5 Å². The van der Waals surface area contributed by atoms with Crippen molar-refractivity contribution in [3.8, 4) is 0 Å². The number of rotatable bonds is 2. The Kier molecular flexibility index (Phi) is 3.81. The molecule has 2 amide bonds. The van der Waals surface area contributed by atoms with Crippen molar-refractivity contribution in [1.29, 1.82) is 0 Å². The highest BCUT2D eigenvalue weighted by Crippen LogP contribution is 2.18. The van der Waals surface area contributed by atoms with Crippen LogP contribution in [0.5, 0.6) is 0 Å². The van der Waals surface area contributed by atoms with Gasteiger partial charge in [-0.05, 0) is 32.0 Å². The maximum Gasteiger partial charge on any atom is 0.321 e. The summed E-state index contributed by atoms with van der Waals surface area (Å²) in [7, 11) is 1.77. The van der Waals surface area contributed by atoms with Crippen molar-refractivity contribution >= 4 is 11.7 Å². The van der Waals surface area contributed by atoms with Gasteiger partial charge in [0, 0.05) is 30.9 Å². The predicted octanol–water partition coefficient (Wildman–Crippen LogP) is 1.96. The summed E-state index contributed by atoms with van der Waals surface area (Å²) in [4.78, 5) is 13.7. The van der Waals surface area contributed by atoms with Crippen molar-refractivity contribution in [2.75, 3.05) is 25.5 Å². The van der Waals surface area contributed by atoms with Gasteiger partial charge in [-0.2, -0.15) is 0 Å². The topological polar surface area (TPSA) is 44.4 Å². The van der Waals surface area contributed by atoms with Crippen LogP contribution in [0.4, 0.5) is 14.9 Å². The lowest BCUT2D eigenvalue weighted by molar-refractivity contribution is 0.207. The van der Waals surface area contributed by atoms with E-state index in [1.807, 2.05) is 0 Å². The summed E-state index contributed by atoms with van der Waals surface area (Å²) in [6, 6.07) is 4.69. The van der Waals surface area contributed by atoms with E-state index in [1.165, 1.54) is 6.07 Å². The number of benzene rings is 1. The van der Waals surface area contributed by atoms with Crippen LogP contribution in [0.2, 0.25) is 0 Å². The average Bonchev–Trinajstić information content (AvgIpc) is 2.87. The van der Waals surface area contributed by atoms with Gasteiger partial charge in [-0.15, -0.1) is 0 Å². The largest absolute Gasteiger partial charge is 0.323 e. The van der Waals surface area contributed by atoms with Crippen molar-refractivity contribution in [3.05, 3.63) is 29.6 Å². The fraction of sp³-hybridized carbons (Fsp3) is 0.462. The summed E-state index contributed by atoms with van der Waals surface area (Å²) in [5, 5.41) is 5.96. The highest BCUT2D eigenvalue weighted by Gasteiger charge is 2.23. The molecule has 1 saturated heterocycles. The third-order valence-corrected chi connectivity index (χ3v) is 3.41. The summed E-state index contributed by atoms with van der Waals surface area (Å²) in [5.74, 6) is -0.307. The summed E-state index contributed by atoms with van der Waals surface area (Å²) < 4.78 is 13.4. The molecule has 2 N–H and O–H groups in total. The number of urea groups is 1. The van der Waals surface area contributed by atoms with Gasteiger partial charge in [-0.3, -0.25) is 0 Å². The fourth-order valence-corrected chi connectivity index (χ4v) is 2.08. The SMILES string of the molecule is Cc1c(F)cccc1NC(=O)N(C)[C@H]1CCNC1. The molecular formula is C13H18FN3O. The molecule has 0 bridgehead atoms.